The van der Waals surface area contributed by atoms with Gasteiger partial charge >= 0.3 is 0 Å². The minimum atomic E-state index is 0.0337. The van der Waals surface area contributed by atoms with Crippen LogP contribution in [0.5, 0.6) is 0 Å². The quantitative estimate of drug-likeness (QED) is 0.754. The van der Waals surface area contributed by atoms with E-state index in [1.165, 1.54) is 38.8 Å². The molecular weight excluding hydrogens is 200 g/mol. The van der Waals surface area contributed by atoms with E-state index in [4.69, 9.17) is 10.5 Å². The second-order valence-corrected chi connectivity index (χ2v) is 5.35. The fraction of sp³-hybridized carbons (Fsp3) is 1.00. The molecule has 3 nitrogen and oxygen atoms in total. The minimum absolute atomic E-state index is 0.0337. The molecule has 0 amide bonds. The SMILES string of the molecule is CCCC1CCN(C(C)(CN)COC)CC1. The molecule has 1 rings (SSSR count). The molecule has 96 valence electrons. The van der Waals surface area contributed by atoms with Crippen LogP contribution >= 0.6 is 0 Å². The van der Waals surface area contributed by atoms with Gasteiger partial charge in [-0.2, -0.15) is 0 Å². The largest absolute Gasteiger partial charge is 0.383 e. The Morgan fingerprint density at radius 2 is 2.00 bits per heavy atom. The summed E-state index contributed by atoms with van der Waals surface area (Å²) in [6.07, 6.45) is 5.36. The van der Waals surface area contributed by atoms with Crippen molar-refractivity contribution >= 4 is 0 Å². The van der Waals surface area contributed by atoms with Gasteiger partial charge in [-0.25, -0.2) is 0 Å². The molecule has 1 heterocycles. The highest BCUT2D eigenvalue weighted by Crippen LogP contribution is 2.26. The third kappa shape index (κ3) is 3.44. The lowest BCUT2D eigenvalue weighted by molar-refractivity contribution is 0.00553. The van der Waals surface area contributed by atoms with Crippen molar-refractivity contribution in [2.24, 2.45) is 11.7 Å². The van der Waals surface area contributed by atoms with E-state index in [1.54, 1.807) is 7.11 Å². The molecular formula is C13H28N2O. The van der Waals surface area contributed by atoms with Crippen LogP contribution in [0.15, 0.2) is 0 Å². The molecule has 0 aromatic carbocycles. The van der Waals surface area contributed by atoms with E-state index < -0.39 is 0 Å². The Bertz CT molecular complexity index is 190. The van der Waals surface area contributed by atoms with Crippen LogP contribution in [0.3, 0.4) is 0 Å². The summed E-state index contributed by atoms with van der Waals surface area (Å²) >= 11 is 0. The third-order valence-electron chi connectivity index (χ3n) is 3.97. The zero-order valence-electron chi connectivity index (χ0n) is 11.2. The normalized spacial score (nSPS) is 23.2. The van der Waals surface area contributed by atoms with Crippen LogP contribution in [-0.4, -0.2) is 43.8 Å². The highest BCUT2D eigenvalue weighted by molar-refractivity contribution is 4.90. The Morgan fingerprint density at radius 1 is 1.38 bits per heavy atom. The van der Waals surface area contributed by atoms with Crippen molar-refractivity contribution in [2.75, 3.05) is 33.4 Å². The zero-order chi connectivity index (χ0) is 12.0. The minimum Gasteiger partial charge on any atom is -0.383 e. The lowest BCUT2D eigenvalue weighted by atomic mass is 9.89. The molecule has 0 saturated carbocycles. The van der Waals surface area contributed by atoms with Crippen LogP contribution in [0.4, 0.5) is 0 Å². The van der Waals surface area contributed by atoms with Gasteiger partial charge < -0.3 is 10.5 Å². The molecule has 3 heteroatoms. The molecule has 16 heavy (non-hydrogen) atoms. The summed E-state index contributed by atoms with van der Waals surface area (Å²) in [7, 11) is 1.76. The summed E-state index contributed by atoms with van der Waals surface area (Å²) in [6, 6.07) is 0. The smallest absolute Gasteiger partial charge is 0.0656 e. The number of nitrogens with zero attached hydrogens (tertiary/aromatic N) is 1. The van der Waals surface area contributed by atoms with E-state index in [9.17, 15) is 0 Å². The van der Waals surface area contributed by atoms with Crippen LogP contribution in [0, 0.1) is 5.92 Å². The predicted octanol–water partition coefficient (Wildman–Crippen LogP) is 1.86. The number of ether oxygens (including phenoxy) is 1. The summed E-state index contributed by atoms with van der Waals surface area (Å²) in [5.41, 5.74) is 5.93. The number of hydrogen-bond acceptors (Lipinski definition) is 3. The molecule has 0 aromatic rings. The van der Waals surface area contributed by atoms with Crippen LogP contribution in [0.2, 0.25) is 0 Å². The van der Waals surface area contributed by atoms with Crippen molar-refractivity contribution in [1.29, 1.82) is 0 Å². The van der Waals surface area contributed by atoms with Crippen LogP contribution in [0.25, 0.3) is 0 Å². The molecule has 0 radical (unpaired) electrons. The van der Waals surface area contributed by atoms with Gasteiger partial charge in [0, 0.05) is 13.7 Å². The number of methoxy groups -OCH3 is 1. The molecule has 0 spiro atoms. The fourth-order valence-corrected chi connectivity index (χ4v) is 2.76. The molecule has 2 N–H and O–H groups in total. The van der Waals surface area contributed by atoms with Gasteiger partial charge in [0.1, 0.15) is 0 Å². The first-order valence-corrected chi connectivity index (χ1v) is 6.60. The number of likely N-dealkylation sites (tertiary alicyclic amines) is 1. The van der Waals surface area contributed by atoms with Gasteiger partial charge in [-0.15, -0.1) is 0 Å². The summed E-state index contributed by atoms with van der Waals surface area (Å²) in [6.45, 7) is 8.28. The second kappa shape index (κ2) is 6.58. The molecule has 0 bridgehead atoms. The van der Waals surface area contributed by atoms with Gasteiger partial charge in [-0.1, -0.05) is 19.8 Å². The number of piperidine rings is 1. The summed E-state index contributed by atoms with van der Waals surface area (Å²) in [5.74, 6) is 0.936. The topological polar surface area (TPSA) is 38.5 Å². The highest BCUT2D eigenvalue weighted by atomic mass is 16.5. The zero-order valence-corrected chi connectivity index (χ0v) is 11.2. The van der Waals surface area contributed by atoms with Gasteiger partial charge in [0.05, 0.1) is 12.1 Å². The van der Waals surface area contributed by atoms with Gasteiger partial charge in [0.2, 0.25) is 0 Å². The van der Waals surface area contributed by atoms with Crippen molar-refractivity contribution in [3.05, 3.63) is 0 Å². The number of nitrogens with two attached hydrogens (primary N) is 1. The van der Waals surface area contributed by atoms with Gasteiger partial charge in [0.15, 0.2) is 0 Å². The average molecular weight is 228 g/mol. The lowest BCUT2D eigenvalue weighted by Crippen LogP contribution is -2.57. The molecule has 1 atom stereocenters. The van der Waals surface area contributed by atoms with Crippen LogP contribution < -0.4 is 5.73 Å². The molecule has 1 aliphatic rings. The van der Waals surface area contributed by atoms with E-state index in [2.05, 4.69) is 18.7 Å². The van der Waals surface area contributed by atoms with Gasteiger partial charge in [-0.05, 0) is 38.8 Å². The Hall–Kier alpha value is -0.120. The summed E-state index contributed by atoms with van der Waals surface area (Å²) in [4.78, 5) is 2.52. The third-order valence-corrected chi connectivity index (χ3v) is 3.97. The number of hydrogen-bond donors (Lipinski definition) is 1. The van der Waals surface area contributed by atoms with Crippen molar-refractivity contribution in [3.8, 4) is 0 Å². The Kier molecular flexibility index (Phi) is 5.73. The van der Waals surface area contributed by atoms with Crippen molar-refractivity contribution in [1.82, 2.24) is 4.90 Å². The van der Waals surface area contributed by atoms with Crippen molar-refractivity contribution in [3.63, 3.8) is 0 Å². The highest BCUT2D eigenvalue weighted by Gasteiger charge is 2.33. The first-order chi connectivity index (χ1) is 7.66. The van der Waals surface area contributed by atoms with Gasteiger partial charge in [-0.3, -0.25) is 4.90 Å². The first-order valence-electron chi connectivity index (χ1n) is 6.60. The van der Waals surface area contributed by atoms with E-state index in [0.717, 1.165) is 12.5 Å². The average Bonchev–Trinajstić information content (AvgIpc) is 2.30. The molecule has 1 aliphatic heterocycles. The van der Waals surface area contributed by atoms with Gasteiger partial charge in [0.25, 0.3) is 0 Å². The monoisotopic (exact) mass is 228 g/mol. The molecule has 0 aromatic heterocycles. The Labute approximate surface area is 100 Å². The second-order valence-electron chi connectivity index (χ2n) is 5.35. The Morgan fingerprint density at radius 3 is 2.44 bits per heavy atom. The maximum Gasteiger partial charge on any atom is 0.0656 e. The molecule has 1 unspecified atom stereocenters. The maximum absolute atomic E-state index is 5.90. The van der Waals surface area contributed by atoms with E-state index in [1.807, 2.05) is 0 Å². The van der Waals surface area contributed by atoms with Crippen molar-refractivity contribution < 1.29 is 4.74 Å². The molecule has 1 saturated heterocycles. The molecule has 1 fully saturated rings. The van der Waals surface area contributed by atoms with E-state index in [-0.39, 0.29) is 5.54 Å². The standard InChI is InChI=1S/C13H28N2O/c1-4-5-12-6-8-15(9-7-12)13(2,10-14)11-16-3/h12H,4-11,14H2,1-3H3. The Balaban J connectivity index is 2.44. The predicted molar refractivity (Wildman–Crippen MR) is 68.5 cm³/mol. The summed E-state index contributed by atoms with van der Waals surface area (Å²) in [5, 5.41) is 0. The number of rotatable bonds is 6. The lowest BCUT2D eigenvalue weighted by Gasteiger charge is -2.44. The molecule has 0 aliphatic carbocycles. The van der Waals surface area contributed by atoms with Crippen LogP contribution in [-0.2, 0) is 4.74 Å². The summed E-state index contributed by atoms with van der Waals surface area (Å²) < 4.78 is 5.30. The first kappa shape index (κ1) is 13.9. The van der Waals surface area contributed by atoms with Crippen LogP contribution in [0.1, 0.15) is 39.5 Å². The van der Waals surface area contributed by atoms with E-state index >= 15 is 0 Å². The fourth-order valence-electron chi connectivity index (χ4n) is 2.76. The van der Waals surface area contributed by atoms with E-state index in [0.29, 0.717) is 6.54 Å². The van der Waals surface area contributed by atoms with Crippen molar-refractivity contribution in [2.45, 2.75) is 45.1 Å². The maximum atomic E-state index is 5.90.